The summed E-state index contributed by atoms with van der Waals surface area (Å²) < 4.78 is 10.9. The Balaban J connectivity index is 2.54. The lowest BCUT2D eigenvalue weighted by Gasteiger charge is -2.21. The van der Waals surface area contributed by atoms with Crippen molar-refractivity contribution in [3.63, 3.8) is 0 Å². The van der Waals surface area contributed by atoms with Crippen molar-refractivity contribution in [2.45, 2.75) is 6.04 Å². The molecule has 2 aromatic rings. The molecule has 1 atom stereocenters. The van der Waals surface area contributed by atoms with Gasteiger partial charge in [-0.2, -0.15) is 0 Å². The maximum absolute atomic E-state index is 5.43. The summed E-state index contributed by atoms with van der Waals surface area (Å²) in [4.78, 5) is 8.11. The molecule has 5 nitrogen and oxygen atoms in total. The summed E-state index contributed by atoms with van der Waals surface area (Å²) in [5, 5.41) is 3.24. The van der Waals surface area contributed by atoms with Gasteiger partial charge in [-0.05, 0) is 19.2 Å². The summed E-state index contributed by atoms with van der Waals surface area (Å²) >= 11 is 0. The van der Waals surface area contributed by atoms with Crippen molar-refractivity contribution < 1.29 is 9.47 Å². The van der Waals surface area contributed by atoms with E-state index in [9.17, 15) is 0 Å². The second kappa shape index (κ2) is 6.15. The molecule has 1 aromatic carbocycles. The molecule has 1 aromatic heterocycles. The summed E-state index contributed by atoms with van der Waals surface area (Å²) in [5.41, 5.74) is 1.89. The topological polar surface area (TPSA) is 56.3 Å². The number of hydrogen-bond acceptors (Lipinski definition) is 5. The van der Waals surface area contributed by atoms with Gasteiger partial charge in [0.1, 0.15) is 17.8 Å². The van der Waals surface area contributed by atoms with Crippen LogP contribution in [0.4, 0.5) is 0 Å². The Hall–Kier alpha value is -2.14. The lowest BCUT2D eigenvalue weighted by Crippen LogP contribution is -2.19. The Morgan fingerprint density at radius 1 is 1.05 bits per heavy atom. The first-order valence-corrected chi connectivity index (χ1v) is 5.94. The number of benzene rings is 1. The van der Waals surface area contributed by atoms with Crippen molar-refractivity contribution in [1.82, 2.24) is 15.3 Å². The highest BCUT2D eigenvalue weighted by atomic mass is 16.5. The van der Waals surface area contributed by atoms with Crippen LogP contribution in [0.15, 0.2) is 36.9 Å². The van der Waals surface area contributed by atoms with E-state index in [0.29, 0.717) is 0 Å². The third kappa shape index (κ3) is 2.66. The number of aromatic nitrogens is 2. The van der Waals surface area contributed by atoms with Crippen LogP contribution in [0.3, 0.4) is 0 Å². The highest BCUT2D eigenvalue weighted by Crippen LogP contribution is 2.36. The fourth-order valence-electron chi connectivity index (χ4n) is 2.10. The van der Waals surface area contributed by atoms with Crippen LogP contribution >= 0.6 is 0 Å². The molecule has 19 heavy (non-hydrogen) atoms. The van der Waals surface area contributed by atoms with Crippen LogP contribution in [0, 0.1) is 0 Å². The number of methoxy groups -OCH3 is 2. The minimum Gasteiger partial charge on any atom is -0.496 e. The molecule has 1 heterocycles. The summed E-state index contributed by atoms with van der Waals surface area (Å²) in [6, 6.07) is 5.63. The van der Waals surface area contributed by atoms with Crippen LogP contribution in [0.25, 0.3) is 0 Å². The maximum Gasteiger partial charge on any atom is 0.127 e. The molecule has 1 unspecified atom stereocenters. The Morgan fingerprint density at radius 3 is 2.11 bits per heavy atom. The van der Waals surface area contributed by atoms with E-state index in [1.807, 2.05) is 25.2 Å². The van der Waals surface area contributed by atoms with Gasteiger partial charge in [0.05, 0.1) is 25.8 Å². The van der Waals surface area contributed by atoms with Crippen molar-refractivity contribution in [3.05, 3.63) is 48.0 Å². The summed E-state index contributed by atoms with van der Waals surface area (Å²) in [6.45, 7) is 0. The number of nitrogens with zero attached hydrogens (tertiary/aromatic N) is 2. The fraction of sp³-hybridized carbons (Fsp3) is 0.286. The van der Waals surface area contributed by atoms with Crippen LogP contribution < -0.4 is 14.8 Å². The van der Waals surface area contributed by atoms with Gasteiger partial charge in [0.15, 0.2) is 0 Å². The van der Waals surface area contributed by atoms with Gasteiger partial charge in [0.25, 0.3) is 0 Å². The molecule has 1 N–H and O–H groups in total. The number of rotatable bonds is 5. The molecule has 0 amide bonds. The molecule has 0 aliphatic rings. The van der Waals surface area contributed by atoms with Crippen molar-refractivity contribution >= 4 is 0 Å². The monoisotopic (exact) mass is 259 g/mol. The zero-order chi connectivity index (χ0) is 13.7. The fourth-order valence-corrected chi connectivity index (χ4v) is 2.10. The molecule has 0 saturated heterocycles. The number of ether oxygens (including phenoxy) is 2. The predicted molar refractivity (Wildman–Crippen MR) is 72.5 cm³/mol. The van der Waals surface area contributed by atoms with E-state index >= 15 is 0 Å². The number of hydrogen-bond donors (Lipinski definition) is 1. The van der Waals surface area contributed by atoms with Gasteiger partial charge in [-0.1, -0.05) is 6.07 Å². The van der Waals surface area contributed by atoms with Crippen LogP contribution in [0.5, 0.6) is 11.5 Å². The molecule has 0 bridgehead atoms. The smallest absolute Gasteiger partial charge is 0.127 e. The zero-order valence-corrected chi connectivity index (χ0v) is 11.3. The lowest BCUT2D eigenvalue weighted by molar-refractivity contribution is 0.378. The molecule has 0 saturated carbocycles. The van der Waals surface area contributed by atoms with Gasteiger partial charge in [-0.3, -0.25) is 0 Å². The van der Waals surface area contributed by atoms with Gasteiger partial charge in [-0.15, -0.1) is 0 Å². The summed E-state index contributed by atoms with van der Waals surface area (Å²) in [6.07, 6.45) is 5.07. The van der Waals surface area contributed by atoms with Crippen molar-refractivity contribution in [3.8, 4) is 11.5 Å². The van der Waals surface area contributed by atoms with E-state index in [4.69, 9.17) is 9.47 Å². The molecular weight excluding hydrogens is 242 g/mol. The minimum absolute atomic E-state index is 0.0905. The normalized spacial score (nSPS) is 11.9. The average Bonchev–Trinajstić information content (AvgIpc) is 2.49. The Kier molecular flexibility index (Phi) is 4.30. The van der Waals surface area contributed by atoms with E-state index in [-0.39, 0.29) is 6.04 Å². The Labute approximate surface area is 112 Å². The predicted octanol–water partition coefficient (Wildman–Crippen LogP) is 1.80. The van der Waals surface area contributed by atoms with Gasteiger partial charge in [0, 0.05) is 18.0 Å². The molecule has 0 spiro atoms. The van der Waals surface area contributed by atoms with Crippen molar-refractivity contribution in [1.29, 1.82) is 0 Å². The first kappa shape index (κ1) is 13.3. The first-order valence-electron chi connectivity index (χ1n) is 5.94. The summed E-state index contributed by atoms with van der Waals surface area (Å²) in [5.74, 6) is 1.53. The van der Waals surface area contributed by atoms with Crippen LogP contribution in [0.1, 0.15) is 17.2 Å². The Bertz CT molecular complexity index is 509. The van der Waals surface area contributed by atoms with E-state index in [1.165, 1.54) is 6.33 Å². The quantitative estimate of drug-likeness (QED) is 0.887. The highest BCUT2D eigenvalue weighted by Gasteiger charge is 2.21. The standard InChI is InChI=1S/C14H17N3O2/c1-15-14(10-7-16-9-17-8-10)13-11(18-2)5-4-6-12(13)19-3/h4-9,14-15H,1-3H3. The second-order valence-corrected chi connectivity index (χ2v) is 3.97. The summed E-state index contributed by atoms with van der Waals surface area (Å²) in [7, 11) is 5.17. The molecule has 0 radical (unpaired) electrons. The highest BCUT2D eigenvalue weighted by molar-refractivity contribution is 5.50. The van der Waals surface area contributed by atoms with E-state index < -0.39 is 0 Å². The second-order valence-electron chi connectivity index (χ2n) is 3.97. The Morgan fingerprint density at radius 2 is 1.63 bits per heavy atom. The molecular formula is C14H17N3O2. The molecule has 0 aliphatic heterocycles. The van der Waals surface area contributed by atoms with Gasteiger partial charge < -0.3 is 14.8 Å². The SMILES string of the molecule is CNC(c1cncnc1)c1c(OC)cccc1OC. The third-order valence-corrected chi connectivity index (χ3v) is 2.96. The molecule has 100 valence electrons. The molecule has 2 rings (SSSR count). The van der Waals surface area contributed by atoms with Crippen LogP contribution in [-0.4, -0.2) is 31.2 Å². The van der Waals surface area contributed by atoms with Gasteiger partial charge in [0.2, 0.25) is 0 Å². The largest absolute Gasteiger partial charge is 0.496 e. The van der Waals surface area contributed by atoms with Crippen molar-refractivity contribution in [2.75, 3.05) is 21.3 Å². The average molecular weight is 259 g/mol. The molecule has 5 heteroatoms. The third-order valence-electron chi connectivity index (χ3n) is 2.96. The zero-order valence-electron chi connectivity index (χ0n) is 11.3. The van der Waals surface area contributed by atoms with Crippen LogP contribution in [-0.2, 0) is 0 Å². The van der Waals surface area contributed by atoms with Crippen molar-refractivity contribution in [2.24, 2.45) is 0 Å². The molecule has 0 fully saturated rings. The molecule has 0 aliphatic carbocycles. The van der Waals surface area contributed by atoms with Crippen LogP contribution in [0.2, 0.25) is 0 Å². The number of nitrogens with one attached hydrogen (secondary N) is 1. The lowest BCUT2D eigenvalue weighted by atomic mass is 9.99. The van der Waals surface area contributed by atoms with E-state index in [0.717, 1.165) is 22.6 Å². The van der Waals surface area contributed by atoms with E-state index in [1.54, 1.807) is 26.6 Å². The maximum atomic E-state index is 5.43. The minimum atomic E-state index is -0.0905. The van der Waals surface area contributed by atoms with Gasteiger partial charge >= 0.3 is 0 Å². The van der Waals surface area contributed by atoms with E-state index in [2.05, 4.69) is 15.3 Å². The van der Waals surface area contributed by atoms with Gasteiger partial charge in [-0.25, -0.2) is 9.97 Å². The first-order chi connectivity index (χ1) is 9.31.